The second kappa shape index (κ2) is 7.70. The third kappa shape index (κ3) is 3.32. The molecule has 4 aromatic rings. The summed E-state index contributed by atoms with van der Waals surface area (Å²) in [5.41, 5.74) is 2.47. The number of nitrogens with zero attached hydrogens (tertiary/aromatic N) is 2. The molecule has 4 rings (SSSR count). The summed E-state index contributed by atoms with van der Waals surface area (Å²) in [5.74, 6) is 0. The Morgan fingerprint density at radius 2 is 1.92 bits per heavy atom. The summed E-state index contributed by atoms with van der Waals surface area (Å²) < 4.78 is 6.62. The molecule has 135 valence electrons. The molecule has 2 aromatic carbocycles. The molecule has 0 saturated carbocycles. The van der Waals surface area contributed by atoms with Gasteiger partial charge in [0.2, 0.25) is 0 Å². The van der Waals surface area contributed by atoms with Crippen molar-refractivity contribution in [2.45, 2.75) is 13.8 Å². The number of hydrogen-bond donors (Lipinski definition) is 0. The van der Waals surface area contributed by atoms with Gasteiger partial charge in [-0.05, 0) is 37.6 Å². The fourth-order valence-corrected chi connectivity index (χ4v) is 3.89. The van der Waals surface area contributed by atoms with Gasteiger partial charge in [-0.1, -0.05) is 23.6 Å². The monoisotopic (exact) mass is 542 g/mol. The molecule has 0 aliphatic heterocycles. The molecule has 6 heteroatoms. The summed E-state index contributed by atoms with van der Waals surface area (Å²) in [4.78, 5) is 19.2. The normalized spacial score (nSPS) is 10.8. The molecular formula is C20H17IrN2O2S-. The van der Waals surface area contributed by atoms with E-state index in [1.807, 2.05) is 42.5 Å². The van der Waals surface area contributed by atoms with Crippen molar-refractivity contribution in [2.75, 3.05) is 18.0 Å². The third-order valence-electron chi connectivity index (χ3n) is 4.27. The topological polar surface area (TPSA) is 46.3 Å². The summed E-state index contributed by atoms with van der Waals surface area (Å²) >= 11 is 1.48. The van der Waals surface area contributed by atoms with Gasteiger partial charge in [-0.25, -0.2) is 0 Å². The van der Waals surface area contributed by atoms with Crippen molar-refractivity contribution in [3.05, 3.63) is 59.0 Å². The minimum Gasteiger partial charge on any atom is -0.496 e. The van der Waals surface area contributed by atoms with Gasteiger partial charge in [0.15, 0.2) is 0 Å². The second-order valence-corrected chi connectivity index (χ2v) is 6.76. The SMILES string of the molecule is CCN(CC)c1ccc2[c-]c(-c3nc4ccccc4s3)c(=O)oc2c1.[Ir]. The van der Waals surface area contributed by atoms with Crippen LogP contribution in [0.1, 0.15) is 13.8 Å². The van der Waals surface area contributed by atoms with Gasteiger partial charge in [0.05, 0.1) is 16.1 Å². The quantitative estimate of drug-likeness (QED) is 0.277. The number of thiazole rings is 1. The summed E-state index contributed by atoms with van der Waals surface area (Å²) in [7, 11) is 0. The summed E-state index contributed by atoms with van der Waals surface area (Å²) in [6.45, 7) is 6.01. The smallest absolute Gasteiger partial charge is 0.269 e. The molecule has 0 amide bonds. The first kappa shape index (κ1) is 18.8. The fraction of sp³-hybridized carbons (Fsp3) is 0.200. The first-order valence-electron chi connectivity index (χ1n) is 8.30. The van der Waals surface area contributed by atoms with Gasteiger partial charge in [-0.3, -0.25) is 9.78 Å². The van der Waals surface area contributed by atoms with Crippen LogP contribution in [0.5, 0.6) is 0 Å². The van der Waals surface area contributed by atoms with Gasteiger partial charge in [0.1, 0.15) is 0 Å². The van der Waals surface area contributed by atoms with E-state index < -0.39 is 5.63 Å². The van der Waals surface area contributed by atoms with Gasteiger partial charge >= 0.3 is 0 Å². The van der Waals surface area contributed by atoms with Crippen molar-refractivity contribution in [2.24, 2.45) is 0 Å². The number of para-hydroxylation sites is 1. The largest absolute Gasteiger partial charge is 0.496 e. The Kier molecular flexibility index (Phi) is 5.56. The zero-order valence-corrected chi connectivity index (χ0v) is 17.6. The number of fused-ring (bicyclic) bond motifs is 2. The first-order valence-corrected chi connectivity index (χ1v) is 9.12. The van der Waals surface area contributed by atoms with Crippen LogP contribution in [0.25, 0.3) is 31.8 Å². The Balaban J connectivity index is 0.00000196. The Labute approximate surface area is 168 Å². The molecule has 0 atom stereocenters. The van der Waals surface area contributed by atoms with Crippen molar-refractivity contribution in [3.8, 4) is 10.6 Å². The maximum absolute atomic E-state index is 12.5. The van der Waals surface area contributed by atoms with E-state index in [1.54, 1.807) is 0 Å². The van der Waals surface area contributed by atoms with E-state index in [1.165, 1.54) is 11.3 Å². The van der Waals surface area contributed by atoms with E-state index in [9.17, 15) is 4.79 Å². The molecule has 0 N–H and O–H groups in total. The molecule has 2 aromatic heterocycles. The Bertz CT molecular complexity index is 1080. The van der Waals surface area contributed by atoms with E-state index in [4.69, 9.17) is 4.42 Å². The van der Waals surface area contributed by atoms with Crippen molar-refractivity contribution in [3.63, 3.8) is 0 Å². The van der Waals surface area contributed by atoms with Gasteiger partial charge in [0, 0.05) is 43.6 Å². The minimum absolute atomic E-state index is 0. The van der Waals surface area contributed by atoms with Gasteiger partial charge in [-0.2, -0.15) is 11.3 Å². The average Bonchev–Trinajstić information content (AvgIpc) is 3.06. The molecule has 4 nitrogen and oxygen atoms in total. The molecular weight excluding hydrogens is 525 g/mol. The van der Waals surface area contributed by atoms with Crippen LogP contribution < -0.4 is 10.5 Å². The Morgan fingerprint density at radius 1 is 1.15 bits per heavy atom. The summed E-state index contributed by atoms with van der Waals surface area (Å²) in [5, 5.41) is 1.43. The zero-order valence-electron chi connectivity index (χ0n) is 14.4. The van der Waals surface area contributed by atoms with Crippen LogP contribution in [-0.2, 0) is 20.1 Å². The van der Waals surface area contributed by atoms with Crippen LogP contribution in [-0.4, -0.2) is 18.1 Å². The van der Waals surface area contributed by atoms with Crippen molar-refractivity contribution in [1.82, 2.24) is 4.98 Å². The van der Waals surface area contributed by atoms with E-state index in [-0.39, 0.29) is 20.1 Å². The molecule has 26 heavy (non-hydrogen) atoms. The molecule has 0 aliphatic rings. The number of anilines is 1. The van der Waals surface area contributed by atoms with Gasteiger partial charge < -0.3 is 9.32 Å². The third-order valence-corrected chi connectivity index (χ3v) is 5.32. The van der Waals surface area contributed by atoms with Crippen LogP contribution in [0, 0.1) is 6.07 Å². The number of aromatic nitrogens is 1. The standard InChI is InChI=1S/C20H17N2O2S.Ir/c1-3-22(4-2)14-10-9-13-11-15(20(23)24-17(13)12-14)19-21-16-7-5-6-8-18(16)25-19;/h5-10,12H,3-4H2,1-2H3;/q-1;. The number of hydrogen-bond acceptors (Lipinski definition) is 5. The molecule has 2 heterocycles. The van der Waals surface area contributed by atoms with Crippen molar-refractivity contribution >= 4 is 38.2 Å². The molecule has 0 unspecified atom stereocenters. The molecule has 0 saturated heterocycles. The summed E-state index contributed by atoms with van der Waals surface area (Å²) in [6.07, 6.45) is 0. The van der Waals surface area contributed by atoms with Crippen LogP contribution in [0.15, 0.2) is 51.7 Å². The zero-order chi connectivity index (χ0) is 17.4. The van der Waals surface area contributed by atoms with E-state index in [0.717, 1.165) is 34.4 Å². The van der Waals surface area contributed by atoms with Crippen molar-refractivity contribution in [1.29, 1.82) is 0 Å². The first-order chi connectivity index (χ1) is 12.2. The van der Waals surface area contributed by atoms with Crippen molar-refractivity contribution < 1.29 is 24.5 Å². The van der Waals surface area contributed by atoms with E-state index in [0.29, 0.717) is 16.2 Å². The number of rotatable bonds is 4. The fourth-order valence-electron chi connectivity index (χ4n) is 2.94. The average molecular weight is 542 g/mol. The van der Waals surface area contributed by atoms with Crippen LogP contribution in [0.4, 0.5) is 5.69 Å². The predicted molar refractivity (Wildman–Crippen MR) is 103 cm³/mol. The van der Waals surface area contributed by atoms with Gasteiger partial charge in [-0.15, -0.1) is 12.1 Å². The van der Waals surface area contributed by atoms with Crippen LogP contribution >= 0.6 is 11.3 Å². The van der Waals surface area contributed by atoms with Crippen LogP contribution in [0.2, 0.25) is 0 Å². The Hall–Kier alpha value is -2.01. The molecule has 1 radical (unpaired) electrons. The maximum atomic E-state index is 12.5. The predicted octanol–water partition coefficient (Wildman–Crippen LogP) is 4.71. The number of benzene rings is 2. The summed E-state index contributed by atoms with van der Waals surface area (Å²) in [6, 6.07) is 16.9. The second-order valence-electron chi connectivity index (χ2n) is 5.73. The maximum Gasteiger partial charge on any atom is 0.269 e. The minimum atomic E-state index is -0.400. The van der Waals surface area contributed by atoms with Crippen LogP contribution in [0.3, 0.4) is 0 Å². The molecule has 0 bridgehead atoms. The molecule has 0 aliphatic carbocycles. The Morgan fingerprint density at radius 3 is 2.65 bits per heavy atom. The van der Waals surface area contributed by atoms with Gasteiger partial charge in [0.25, 0.3) is 5.63 Å². The molecule has 0 fully saturated rings. The molecule has 0 spiro atoms. The van der Waals surface area contributed by atoms with E-state index in [2.05, 4.69) is 29.8 Å². The van der Waals surface area contributed by atoms with E-state index >= 15 is 0 Å².